The molecule has 1 atom stereocenters. The zero-order valence-corrected chi connectivity index (χ0v) is 16.4. The molecule has 0 bridgehead atoms. The molecule has 1 unspecified atom stereocenters. The predicted molar refractivity (Wildman–Crippen MR) is 106 cm³/mol. The Kier molecular flexibility index (Phi) is 6.58. The molecule has 0 aliphatic carbocycles. The third-order valence-electron chi connectivity index (χ3n) is 3.79. The van der Waals surface area contributed by atoms with Crippen molar-refractivity contribution in [3.63, 3.8) is 0 Å². The van der Waals surface area contributed by atoms with Crippen molar-refractivity contribution in [2.75, 3.05) is 0 Å². The Morgan fingerprint density at radius 3 is 2.72 bits per heavy atom. The number of pyridine rings is 1. The van der Waals surface area contributed by atoms with Crippen molar-refractivity contribution < 1.29 is 19.0 Å². The van der Waals surface area contributed by atoms with E-state index in [-0.39, 0.29) is 34.5 Å². The van der Waals surface area contributed by atoms with E-state index in [9.17, 15) is 9.18 Å². The van der Waals surface area contributed by atoms with Gasteiger partial charge in [-0.3, -0.25) is 4.79 Å². The second kappa shape index (κ2) is 9.13. The summed E-state index contributed by atoms with van der Waals surface area (Å²) < 4.78 is 19.2. The molecule has 0 saturated heterocycles. The third kappa shape index (κ3) is 5.60. The van der Waals surface area contributed by atoms with Crippen LogP contribution < -0.4 is 10.5 Å². The molecule has 29 heavy (non-hydrogen) atoms. The standard InChI is InChI=1S/C19H15Cl2FN4O3/c20-10-5-16(22)19(25-9-10)29-13-1-2-14(15(21)8-13)18-24-4-3-12(26-18)6-11(23)7-17(27)28/h1-5,8-9,11H,6-7,23H2,(H,27,28). The molecule has 0 saturated carbocycles. The molecule has 3 aromatic rings. The Labute approximate surface area is 175 Å². The van der Waals surface area contributed by atoms with Gasteiger partial charge in [0, 0.05) is 42.2 Å². The fourth-order valence-corrected chi connectivity index (χ4v) is 2.93. The second-order valence-electron chi connectivity index (χ2n) is 6.12. The summed E-state index contributed by atoms with van der Waals surface area (Å²) in [5, 5.41) is 9.25. The van der Waals surface area contributed by atoms with E-state index in [2.05, 4.69) is 15.0 Å². The number of carboxylic acids is 1. The maximum Gasteiger partial charge on any atom is 0.304 e. The number of nitrogens with zero attached hydrogens (tertiary/aromatic N) is 3. The predicted octanol–water partition coefficient (Wildman–Crippen LogP) is 4.12. The van der Waals surface area contributed by atoms with Gasteiger partial charge in [0.05, 0.1) is 16.5 Å². The smallest absolute Gasteiger partial charge is 0.304 e. The van der Waals surface area contributed by atoms with E-state index in [4.69, 9.17) is 38.8 Å². The lowest BCUT2D eigenvalue weighted by atomic mass is 10.1. The van der Waals surface area contributed by atoms with Gasteiger partial charge in [0.1, 0.15) is 5.75 Å². The van der Waals surface area contributed by atoms with Gasteiger partial charge in [-0.2, -0.15) is 0 Å². The second-order valence-corrected chi connectivity index (χ2v) is 6.96. The number of nitrogens with two attached hydrogens (primary N) is 1. The first-order valence-corrected chi connectivity index (χ1v) is 9.15. The normalized spacial score (nSPS) is 11.9. The Morgan fingerprint density at radius 2 is 2.03 bits per heavy atom. The van der Waals surface area contributed by atoms with Crippen LogP contribution in [0.15, 0.2) is 42.7 Å². The zero-order valence-electron chi connectivity index (χ0n) is 14.8. The number of hydrogen-bond acceptors (Lipinski definition) is 6. The molecular weight excluding hydrogens is 422 g/mol. The molecule has 10 heteroatoms. The number of benzene rings is 1. The molecule has 3 rings (SSSR count). The van der Waals surface area contributed by atoms with Crippen LogP contribution in [-0.2, 0) is 11.2 Å². The molecule has 0 amide bonds. The van der Waals surface area contributed by atoms with Crippen LogP contribution in [-0.4, -0.2) is 32.1 Å². The summed E-state index contributed by atoms with van der Waals surface area (Å²) in [6.45, 7) is 0. The quantitative estimate of drug-likeness (QED) is 0.572. The minimum atomic E-state index is -0.975. The van der Waals surface area contributed by atoms with Gasteiger partial charge in [-0.25, -0.2) is 19.3 Å². The van der Waals surface area contributed by atoms with Gasteiger partial charge in [-0.15, -0.1) is 0 Å². The summed E-state index contributed by atoms with van der Waals surface area (Å²) in [5.74, 6) is -1.29. The van der Waals surface area contributed by atoms with Crippen molar-refractivity contribution in [3.8, 4) is 23.0 Å². The van der Waals surface area contributed by atoms with E-state index in [0.717, 1.165) is 6.07 Å². The van der Waals surface area contributed by atoms with E-state index in [1.165, 1.54) is 12.3 Å². The number of halogens is 3. The maximum absolute atomic E-state index is 13.8. The van der Waals surface area contributed by atoms with Crippen molar-refractivity contribution in [2.45, 2.75) is 18.9 Å². The van der Waals surface area contributed by atoms with E-state index in [0.29, 0.717) is 17.1 Å². The Hall–Kier alpha value is -2.81. The van der Waals surface area contributed by atoms with Crippen LogP contribution in [0.2, 0.25) is 10.0 Å². The lowest BCUT2D eigenvalue weighted by Crippen LogP contribution is -2.26. The molecule has 1 aromatic carbocycles. The summed E-state index contributed by atoms with van der Waals surface area (Å²) in [7, 11) is 0. The minimum Gasteiger partial charge on any atom is -0.481 e. The number of ether oxygens (including phenoxy) is 1. The van der Waals surface area contributed by atoms with Gasteiger partial charge in [0.2, 0.25) is 0 Å². The van der Waals surface area contributed by atoms with E-state index in [1.54, 1.807) is 24.4 Å². The van der Waals surface area contributed by atoms with Gasteiger partial charge < -0.3 is 15.6 Å². The first-order valence-electron chi connectivity index (χ1n) is 8.40. The third-order valence-corrected chi connectivity index (χ3v) is 4.31. The number of aromatic nitrogens is 3. The highest BCUT2D eigenvalue weighted by molar-refractivity contribution is 6.33. The summed E-state index contributed by atoms with van der Waals surface area (Å²) in [6, 6.07) is 6.87. The zero-order chi connectivity index (χ0) is 21.0. The van der Waals surface area contributed by atoms with Crippen LogP contribution in [0.5, 0.6) is 11.6 Å². The molecule has 0 aliphatic rings. The monoisotopic (exact) mass is 436 g/mol. The Bertz CT molecular complexity index is 1050. The van der Waals surface area contributed by atoms with Crippen LogP contribution in [0.1, 0.15) is 12.1 Å². The maximum atomic E-state index is 13.8. The van der Waals surface area contributed by atoms with Crippen molar-refractivity contribution in [2.24, 2.45) is 5.73 Å². The van der Waals surface area contributed by atoms with E-state index < -0.39 is 17.8 Å². The summed E-state index contributed by atoms with van der Waals surface area (Å²) in [4.78, 5) is 23.1. The Morgan fingerprint density at radius 1 is 1.24 bits per heavy atom. The summed E-state index contributed by atoms with van der Waals surface area (Å²) in [6.07, 6.45) is 2.92. The summed E-state index contributed by atoms with van der Waals surface area (Å²) in [5.41, 5.74) is 6.93. The number of aliphatic carboxylic acids is 1. The van der Waals surface area contributed by atoms with Gasteiger partial charge >= 0.3 is 5.97 Å². The highest BCUT2D eigenvalue weighted by atomic mass is 35.5. The van der Waals surface area contributed by atoms with Crippen molar-refractivity contribution in [3.05, 3.63) is 64.3 Å². The average Bonchev–Trinajstić information content (AvgIpc) is 2.63. The number of carbonyl (C=O) groups is 1. The number of hydrogen-bond donors (Lipinski definition) is 2. The first kappa shape index (κ1) is 20.9. The minimum absolute atomic E-state index is 0.156. The molecule has 0 radical (unpaired) electrons. The lowest BCUT2D eigenvalue weighted by molar-refractivity contribution is -0.137. The van der Waals surface area contributed by atoms with E-state index >= 15 is 0 Å². The molecular formula is C19H15Cl2FN4O3. The lowest BCUT2D eigenvalue weighted by Gasteiger charge is -2.11. The molecule has 150 valence electrons. The first-order chi connectivity index (χ1) is 13.8. The largest absolute Gasteiger partial charge is 0.481 e. The van der Waals surface area contributed by atoms with Gasteiger partial charge in [-0.1, -0.05) is 23.2 Å². The topological polar surface area (TPSA) is 111 Å². The van der Waals surface area contributed by atoms with Crippen LogP contribution in [0, 0.1) is 5.82 Å². The number of carboxylic acid groups (broad SMARTS) is 1. The fraction of sp³-hybridized carbons (Fsp3) is 0.158. The average molecular weight is 437 g/mol. The fourth-order valence-electron chi connectivity index (χ4n) is 2.53. The van der Waals surface area contributed by atoms with Gasteiger partial charge in [0.15, 0.2) is 11.6 Å². The highest BCUT2D eigenvalue weighted by Gasteiger charge is 2.14. The molecule has 3 N–H and O–H groups in total. The van der Waals surface area contributed by atoms with Crippen LogP contribution in [0.4, 0.5) is 4.39 Å². The van der Waals surface area contributed by atoms with Crippen LogP contribution >= 0.6 is 23.2 Å². The molecule has 2 heterocycles. The van der Waals surface area contributed by atoms with Gasteiger partial charge in [-0.05, 0) is 24.3 Å². The number of rotatable bonds is 7. The molecule has 7 nitrogen and oxygen atoms in total. The highest BCUT2D eigenvalue weighted by Crippen LogP contribution is 2.32. The molecule has 0 aliphatic heterocycles. The molecule has 2 aromatic heterocycles. The van der Waals surface area contributed by atoms with Crippen molar-refractivity contribution in [1.82, 2.24) is 15.0 Å². The summed E-state index contributed by atoms with van der Waals surface area (Å²) >= 11 is 12.0. The molecule has 0 fully saturated rings. The van der Waals surface area contributed by atoms with E-state index in [1.807, 2.05) is 0 Å². The van der Waals surface area contributed by atoms with Gasteiger partial charge in [0.25, 0.3) is 5.88 Å². The molecule has 0 spiro atoms. The van der Waals surface area contributed by atoms with Crippen LogP contribution in [0.3, 0.4) is 0 Å². The SMILES string of the molecule is NC(CC(=O)O)Cc1ccnc(-c2ccc(Oc3ncc(Cl)cc3F)cc2Cl)n1. The van der Waals surface area contributed by atoms with Crippen molar-refractivity contribution in [1.29, 1.82) is 0 Å². The van der Waals surface area contributed by atoms with Crippen molar-refractivity contribution >= 4 is 29.2 Å². The van der Waals surface area contributed by atoms with Crippen LogP contribution in [0.25, 0.3) is 11.4 Å². The Balaban J connectivity index is 1.79.